The molecular formula is C21H27N3O3. The molecule has 1 heterocycles. The van der Waals surface area contributed by atoms with Gasteiger partial charge in [0.15, 0.2) is 0 Å². The lowest BCUT2D eigenvalue weighted by Crippen LogP contribution is -2.49. The number of piperazine rings is 1. The van der Waals surface area contributed by atoms with E-state index in [4.69, 9.17) is 9.47 Å². The molecule has 27 heavy (non-hydrogen) atoms. The number of rotatable bonds is 8. The summed E-state index contributed by atoms with van der Waals surface area (Å²) in [6, 6.07) is 17.8. The van der Waals surface area contributed by atoms with Gasteiger partial charge in [0.1, 0.15) is 18.1 Å². The molecule has 1 fully saturated rings. The molecule has 0 saturated carbocycles. The first kappa shape index (κ1) is 19.0. The fraction of sp³-hybridized carbons (Fsp3) is 0.381. The van der Waals surface area contributed by atoms with Crippen molar-refractivity contribution in [2.24, 2.45) is 0 Å². The molecule has 0 atom stereocenters. The van der Waals surface area contributed by atoms with Crippen LogP contribution in [0.2, 0.25) is 0 Å². The Morgan fingerprint density at radius 1 is 0.963 bits per heavy atom. The van der Waals surface area contributed by atoms with E-state index < -0.39 is 0 Å². The zero-order valence-corrected chi connectivity index (χ0v) is 15.8. The Bertz CT molecular complexity index is 698. The van der Waals surface area contributed by atoms with Crippen molar-refractivity contribution in [2.75, 3.05) is 57.9 Å². The van der Waals surface area contributed by atoms with Crippen LogP contribution in [0.3, 0.4) is 0 Å². The maximum atomic E-state index is 12.1. The average Bonchev–Trinajstić information content (AvgIpc) is 2.73. The highest BCUT2D eigenvalue weighted by molar-refractivity contribution is 5.78. The summed E-state index contributed by atoms with van der Waals surface area (Å²) in [5.74, 6) is 1.60. The zero-order valence-electron chi connectivity index (χ0n) is 15.8. The van der Waals surface area contributed by atoms with E-state index in [0.29, 0.717) is 19.7 Å². The van der Waals surface area contributed by atoms with E-state index >= 15 is 0 Å². The molecule has 0 aliphatic carbocycles. The van der Waals surface area contributed by atoms with Crippen LogP contribution in [0.5, 0.6) is 11.5 Å². The second-order valence-electron chi connectivity index (χ2n) is 6.47. The number of carbonyl (C=O) groups is 1. The SMILES string of the molecule is COc1ccc(OCCNC(=O)CN2CCN(c3ccccc3)CC2)cc1. The summed E-state index contributed by atoms with van der Waals surface area (Å²) in [5, 5.41) is 2.92. The Morgan fingerprint density at radius 2 is 1.63 bits per heavy atom. The predicted octanol–water partition coefficient (Wildman–Crippen LogP) is 2.01. The monoisotopic (exact) mass is 369 g/mol. The number of para-hydroxylation sites is 1. The van der Waals surface area contributed by atoms with Crippen LogP contribution in [0.1, 0.15) is 0 Å². The van der Waals surface area contributed by atoms with Crippen molar-refractivity contribution in [2.45, 2.75) is 0 Å². The first-order chi connectivity index (χ1) is 13.2. The van der Waals surface area contributed by atoms with Crippen LogP contribution in [0.4, 0.5) is 5.69 Å². The molecule has 1 aliphatic heterocycles. The molecule has 6 nitrogen and oxygen atoms in total. The third-order valence-electron chi connectivity index (χ3n) is 4.61. The van der Waals surface area contributed by atoms with E-state index in [-0.39, 0.29) is 5.91 Å². The summed E-state index contributed by atoms with van der Waals surface area (Å²) in [7, 11) is 1.63. The third-order valence-corrected chi connectivity index (χ3v) is 4.61. The second-order valence-corrected chi connectivity index (χ2v) is 6.47. The smallest absolute Gasteiger partial charge is 0.234 e. The number of nitrogens with one attached hydrogen (secondary N) is 1. The van der Waals surface area contributed by atoms with Gasteiger partial charge in [0.25, 0.3) is 0 Å². The topological polar surface area (TPSA) is 54.0 Å². The van der Waals surface area contributed by atoms with Crippen molar-refractivity contribution in [3.8, 4) is 11.5 Å². The number of carbonyl (C=O) groups excluding carboxylic acids is 1. The molecule has 0 bridgehead atoms. The van der Waals surface area contributed by atoms with E-state index in [1.165, 1.54) is 5.69 Å². The number of hydrogen-bond acceptors (Lipinski definition) is 5. The van der Waals surface area contributed by atoms with Gasteiger partial charge in [0, 0.05) is 31.9 Å². The Kier molecular flexibility index (Phi) is 6.93. The van der Waals surface area contributed by atoms with Crippen LogP contribution in [-0.2, 0) is 4.79 Å². The largest absolute Gasteiger partial charge is 0.497 e. The number of nitrogens with zero attached hydrogens (tertiary/aromatic N) is 2. The van der Waals surface area contributed by atoms with Gasteiger partial charge in [0.05, 0.1) is 20.2 Å². The van der Waals surface area contributed by atoms with Crippen LogP contribution in [-0.4, -0.2) is 63.8 Å². The molecule has 2 aromatic rings. The highest BCUT2D eigenvalue weighted by Gasteiger charge is 2.18. The molecule has 1 aliphatic rings. The predicted molar refractivity (Wildman–Crippen MR) is 107 cm³/mol. The third kappa shape index (κ3) is 5.89. The summed E-state index contributed by atoms with van der Waals surface area (Å²) < 4.78 is 10.7. The highest BCUT2D eigenvalue weighted by atomic mass is 16.5. The molecular weight excluding hydrogens is 342 g/mol. The fourth-order valence-electron chi connectivity index (χ4n) is 3.09. The minimum Gasteiger partial charge on any atom is -0.497 e. The molecule has 1 amide bonds. The second kappa shape index (κ2) is 9.83. The van der Waals surface area contributed by atoms with E-state index in [9.17, 15) is 4.79 Å². The van der Waals surface area contributed by atoms with Crippen LogP contribution < -0.4 is 19.7 Å². The molecule has 2 aromatic carbocycles. The summed E-state index contributed by atoms with van der Waals surface area (Å²) >= 11 is 0. The first-order valence-corrected chi connectivity index (χ1v) is 9.30. The lowest BCUT2D eigenvalue weighted by molar-refractivity contribution is -0.122. The molecule has 3 rings (SSSR count). The number of methoxy groups -OCH3 is 1. The number of benzene rings is 2. The minimum absolute atomic E-state index is 0.0430. The molecule has 1 saturated heterocycles. The van der Waals surface area contributed by atoms with E-state index in [0.717, 1.165) is 37.7 Å². The van der Waals surface area contributed by atoms with E-state index in [1.54, 1.807) is 7.11 Å². The lowest BCUT2D eigenvalue weighted by atomic mass is 10.2. The van der Waals surface area contributed by atoms with Gasteiger partial charge in [-0.05, 0) is 36.4 Å². The van der Waals surface area contributed by atoms with Crippen molar-refractivity contribution >= 4 is 11.6 Å². The minimum atomic E-state index is 0.0430. The summed E-state index contributed by atoms with van der Waals surface area (Å²) in [4.78, 5) is 16.7. The number of ether oxygens (including phenoxy) is 2. The molecule has 0 spiro atoms. The Balaban J connectivity index is 1.30. The van der Waals surface area contributed by atoms with E-state index in [2.05, 4.69) is 39.4 Å². The van der Waals surface area contributed by atoms with Crippen molar-refractivity contribution in [3.63, 3.8) is 0 Å². The molecule has 0 unspecified atom stereocenters. The Labute approximate surface area is 160 Å². The van der Waals surface area contributed by atoms with Crippen molar-refractivity contribution in [3.05, 3.63) is 54.6 Å². The molecule has 0 radical (unpaired) electrons. The van der Waals surface area contributed by atoms with Gasteiger partial charge >= 0.3 is 0 Å². The quantitative estimate of drug-likeness (QED) is 0.722. The van der Waals surface area contributed by atoms with Gasteiger partial charge in [-0.2, -0.15) is 0 Å². The Morgan fingerprint density at radius 3 is 2.30 bits per heavy atom. The molecule has 1 N–H and O–H groups in total. The standard InChI is InChI=1S/C21H27N3O3/c1-26-19-7-9-20(10-8-19)27-16-11-22-21(25)17-23-12-14-24(15-13-23)18-5-3-2-4-6-18/h2-10H,11-17H2,1H3,(H,22,25). The molecule has 144 valence electrons. The average molecular weight is 369 g/mol. The van der Waals surface area contributed by atoms with Crippen LogP contribution in [0.15, 0.2) is 54.6 Å². The maximum absolute atomic E-state index is 12.1. The normalized spacial score (nSPS) is 14.6. The highest BCUT2D eigenvalue weighted by Crippen LogP contribution is 2.17. The summed E-state index contributed by atoms with van der Waals surface area (Å²) in [5.41, 5.74) is 1.25. The van der Waals surface area contributed by atoms with Crippen LogP contribution in [0, 0.1) is 0 Å². The van der Waals surface area contributed by atoms with Gasteiger partial charge in [0.2, 0.25) is 5.91 Å². The number of amides is 1. The number of hydrogen-bond donors (Lipinski definition) is 1. The van der Waals surface area contributed by atoms with E-state index in [1.807, 2.05) is 30.3 Å². The van der Waals surface area contributed by atoms with Crippen molar-refractivity contribution in [1.29, 1.82) is 0 Å². The molecule has 6 heteroatoms. The van der Waals surface area contributed by atoms with Crippen molar-refractivity contribution < 1.29 is 14.3 Å². The van der Waals surface area contributed by atoms with Gasteiger partial charge in [-0.1, -0.05) is 18.2 Å². The number of anilines is 1. The molecule has 0 aromatic heterocycles. The summed E-state index contributed by atoms with van der Waals surface area (Å²) in [6.07, 6.45) is 0. The van der Waals surface area contributed by atoms with Crippen LogP contribution >= 0.6 is 0 Å². The maximum Gasteiger partial charge on any atom is 0.234 e. The first-order valence-electron chi connectivity index (χ1n) is 9.30. The van der Waals surface area contributed by atoms with Gasteiger partial charge in [-0.3, -0.25) is 9.69 Å². The lowest BCUT2D eigenvalue weighted by Gasteiger charge is -2.35. The van der Waals surface area contributed by atoms with Gasteiger partial charge in [-0.25, -0.2) is 0 Å². The fourth-order valence-corrected chi connectivity index (χ4v) is 3.09. The Hall–Kier alpha value is -2.73. The zero-order chi connectivity index (χ0) is 18.9. The van der Waals surface area contributed by atoms with Gasteiger partial charge < -0.3 is 19.7 Å². The summed E-state index contributed by atoms with van der Waals surface area (Å²) in [6.45, 7) is 5.05. The van der Waals surface area contributed by atoms with Crippen molar-refractivity contribution in [1.82, 2.24) is 10.2 Å². The van der Waals surface area contributed by atoms with Crippen LogP contribution in [0.25, 0.3) is 0 Å². The van der Waals surface area contributed by atoms with Gasteiger partial charge in [-0.15, -0.1) is 0 Å².